The molecular weight excluding hydrogens is 174 g/mol. The van der Waals surface area contributed by atoms with E-state index in [1.54, 1.807) is 11.3 Å². The van der Waals surface area contributed by atoms with Gasteiger partial charge in [0, 0.05) is 12.8 Å². The van der Waals surface area contributed by atoms with Gasteiger partial charge in [0.2, 0.25) is 11.8 Å². The van der Waals surface area contributed by atoms with Gasteiger partial charge >= 0.3 is 0 Å². The van der Waals surface area contributed by atoms with E-state index >= 15 is 0 Å². The molecule has 0 saturated carbocycles. The van der Waals surface area contributed by atoms with Gasteiger partial charge in [0.1, 0.15) is 0 Å². The van der Waals surface area contributed by atoms with Crippen molar-refractivity contribution in [3.05, 3.63) is 22.9 Å². The number of thiophene rings is 1. The van der Waals surface area contributed by atoms with Crippen LogP contribution in [0.3, 0.4) is 0 Å². The summed E-state index contributed by atoms with van der Waals surface area (Å²) in [4.78, 5) is 20.2. The number of carbonyl (C=O) groups is 2. The van der Waals surface area contributed by atoms with Gasteiger partial charge in [0.25, 0.3) is 0 Å². The maximum Gasteiger partial charge on any atom is 0.227 e. The minimum atomic E-state index is -0.148. The molecule has 0 aromatic carbocycles. The first-order chi connectivity index (χ1) is 5.79. The Hall–Kier alpha value is -1.16. The molecule has 4 heteroatoms. The van der Waals surface area contributed by atoms with E-state index in [1.807, 2.05) is 22.9 Å². The molecule has 1 aromatic heterocycles. The predicted octanol–water partition coefficient (Wildman–Crippen LogP) is 1.17. The molecule has 0 unspecified atom stereocenters. The van der Waals surface area contributed by atoms with Gasteiger partial charge in [-0.05, 0) is 10.8 Å². The van der Waals surface area contributed by atoms with E-state index in [4.69, 9.17) is 0 Å². The van der Waals surface area contributed by atoms with Gasteiger partial charge in [-0.25, -0.2) is 0 Å². The topological polar surface area (TPSA) is 46.2 Å². The SMILES string of the molecule is O=C1CCC(=O)N1.c1ccsc1. The van der Waals surface area contributed by atoms with Crippen LogP contribution in [-0.4, -0.2) is 11.8 Å². The highest BCUT2D eigenvalue weighted by Gasteiger charge is 2.15. The lowest BCUT2D eigenvalue weighted by molar-refractivity contribution is -0.124. The molecule has 2 rings (SSSR count). The summed E-state index contributed by atoms with van der Waals surface area (Å²) in [5.74, 6) is -0.296. The minimum Gasteiger partial charge on any atom is -0.296 e. The smallest absolute Gasteiger partial charge is 0.227 e. The first-order valence-corrected chi connectivity index (χ1v) is 4.53. The van der Waals surface area contributed by atoms with Crippen LogP contribution in [0.5, 0.6) is 0 Å². The average molecular weight is 183 g/mol. The number of nitrogens with one attached hydrogen (secondary N) is 1. The Kier molecular flexibility index (Phi) is 3.47. The molecular formula is C8H9NO2S. The van der Waals surface area contributed by atoms with Gasteiger partial charge in [0.15, 0.2) is 0 Å². The van der Waals surface area contributed by atoms with E-state index < -0.39 is 0 Å². The molecule has 1 aliphatic rings. The predicted molar refractivity (Wildman–Crippen MR) is 46.7 cm³/mol. The number of rotatable bonds is 0. The quantitative estimate of drug-likeness (QED) is 0.614. The van der Waals surface area contributed by atoms with Crippen LogP contribution < -0.4 is 5.32 Å². The standard InChI is InChI=1S/C4H5NO2.C4H4S/c6-3-1-2-4(7)5-3;1-2-4-5-3-1/h1-2H2,(H,5,6,7);1-4H. The van der Waals surface area contributed by atoms with Crippen LogP contribution in [-0.2, 0) is 9.59 Å². The molecule has 0 aliphatic carbocycles. The van der Waals surface area contributed by atoms with Crippen molar-refractivity contribution in [2.24, 2.45) is 0 Å². The molecule has 0 radical (unpaired) electrons. The second-order valence-electron chi connectivity index (χ2n) is 2.26. The summed E-state index contributed by atoms with van der Waals surface area (Å²) in [6.07, 6.45) is 0.748. The molecule has 0 atom stereocenters. The van der Waals surface area contributed by atoms with Crippen molar-refractivity contribution in [3.63, 3.8) is 0 Å². The van der Waals surface area contributed by atoms with E-state index in [0.29, 0.717) is 12.8 Å². The Bertz CT molecular complexity index is 225. The average Bonchev–Trinajstić information content (AvgIpc) is 2.63. The largest absolute Gasteiger partial charge is 0.296 e. The molecule has 0 bridgehead atoms. The van der Waals surface area contributed by atoms with E-state index in [9.17, 15) is 9.59 Å². The van der Waals surface area contributed by atoms with E-state index in [2.05, 4.69) is 5.32 Å². The minimum absolute atomic E-state index is 0.148. The molecule has 2 heterocycles. The summed E-state index contributed by atoms with van der Waals surface area (Å²) >= 11 is 1.71. The van der Waals surface area contributed by atoms with E-state index in [0.717, 1.165) is 0 Å². The number of amides is 2. The Morgan fingerprint density at radius 3 is 1.75 bits per heavy atom. The first-order valence-electron chi connectivity index (χ1n) is 3.59. The maximum atomic E-state index is 10.1. The van der Waals surface area contributed by atoms with Crippen LogP contribution in [0.1, 0.15) is 12.8 Å². The Balaban J connectivity index is 0.000000127. The van der Waals surface area contributed by atoms with Crippen molar-refractivity contribution >= 4 is 23.2 Å². The second kappa shape index (κ2) is 4.66. The van der Waals surface area contributed by atoms with Gasteiger partial charge in [-0.1, -0.05) is 12.1 Å². The number of hydrogen-bond acceptors (Lipinski definition) is 3. The monoisotopic (exact) mass is 183 g/mol. The molecule has 1 fully saturated rings. The molecule has 1 saturated heterocycles. The highest BCUT2D eigenvalue weighted by atomic mass is 32.1. The van der Waals surface area contributed by atoms with Crippen LogP contribution in [0.4, 0.5) is 0 Å². The maximum absolute atomic E-state index is 10.1. The van der Waals surface area contributed by atoms with Crippen molar-refractivity contribution < 1.29 is 9.59 Å². The van der Waals surface area contributed by atoms with Crippen LogP contribution in [0.25, 0.3) is 0 Å². The van der Waals surface area contributed by atoms with E-state index in [-0.39, 0.29) is 11.8 Å². The van der Waals surface area contributed by atoms with Crippen molar-refractivity contribution in [3.8, 4) is 0 Å². The number of hydrogen-bond donors (Lipinski definition) is 1. The fourth-order valence-electron chi connectivity index (χ4n) is 0.734. The lowest BCUT2D eigenvalue weighted by Crippen LogP contribution is -2.18. The lowest BCUT2D eigenvalue weighted by Gasteiger charge is -1.79. The summed E-state index contributed by atoms with van der Waals surface area (Å²) in [6.45, 7) is 0. The molecule has 2 amide bonds. The lowest BCUT2D eigenvalue weighted by atomic mass is 10.4. The van der Waals surface area contributed by atoms with E-state index in [1.165, 1.54) is 0 Å². The van der Waals surface area contributed by atoms with Crippen molar-refractivity contribution in [1.29, 1.82) is 0 Å². The second-order valence-corrected chi connectivity index (χ2v) is 3.08. The van der Waals surface area contributed by atoms with Crippen LogP contribution in [0.2, 0.25) is 0 Å². The van der Waals surface area contributed by atoms with Crippen molar-refractivity contribution in [2.75, 3.05) is 0 Å². The molecule has 1 N–H and O–H groups in total. The first kappa shape index (κ1) is 8.93. The fraction of sp³-hybridized carbons (Fsp3) is 0.250. The van der Waals surface area contributed by atoms with Crippen LogP contribution >= 0.6 is 11.3 Å². The molecule has 0 spiro atoms. The van der Waals surface area contributed by atoms with Gasteiger partial charge in [-0.2, -0.15) is 11.3 Å². The molecule has 64 valence electrons. The van der Waals surface area contributed by atoms with Gasteiger partial charge in [-0.3, -0.25) is 14.9 Å². The molecule has 1 aliphatic heterocycles. The summed E-state index contributed by atoms with van der Waals surface area (Å²) in [6, 6.07) is 4.04. The Morgan fingerprint density at radius 1 is 1.08 bits per heavy atom. The summed E-state index contributed by atoms with van der Waals surface area (Å²) in [7, 11) is 0. The van der Waals surface area contributed by atoms with Crippen LogP contribution in [0, 0.1) is 0 Å². The number of imide groups is 1. The van der Waals surface area contributed by atoms with Gasteiger partial charge < -0.3 is 0 Å². The van der Waals surface area contributed by atoms with Crippen LogP contribution in [0.15, 0.2) is 22.9 Å². The molecule has 1 aromatic rings. The molecule has 12 heavy (non-hydrogen) atoms. The van der Waals surface area contributed by atoms with Crippen molar-refractivity contribution in [2.45, 2.75) is 12.8 Å². The fourth-order valence-corrected chi connectivity index (χ4v) is 1.19. The Labute approximate surface area is 74.4 Å². The highest BCUT2D eigenvalue weighted by Crippen LogP contribution is 1.95. The summed E-state index contributed by atoms with van der Waals surface area (Å²) in [5, 5.41) is 6.22. The zero-order valence-corrected chi connectivity index (χ0v) is 7.26. The summed E-state index contributed by atoms with van der Waals surface area (Å²) in [5.41, 5.74) is 0. The van der Waals surface area contributed by atoms with Crippen molar-refractivity contribution in [1.82, 2.24) is 5.32 Å². The third kappa shape index (κ3) is 3.30. The highest BCUT2D eigenvalue weighted by molar-refractivity contribution is 7.07. The summed E-state index contributed by atoms with van der Waals surface area (Å²) < 4.78 is 0. The molecule has 3 nitrogen and oxygen atoms in total. The van der Waals surface area contributed by atoms with Gasteiger partial charge in [-0.15, -0.1) is 0 Å². The normalized spacial score (nSPS) is 15.0. The third-order valence-electron chi connectivity index (χ3n) is 1.28. The number of carbonyl (C=O) groups excluding carboxylic acids is 2. The van der Waals surface area contributed by atoms with Gasteiger partial charge in [0.05, 0.1) is 0 Å². The third-order valence-corrected chi connectivity index (χ3v) is 1.91. The Morgan fingerprint density at radius 2 is 1.58 bits per heavy atom. The zero-order valence-electron chi connectivity index (χ0n) is 6.45. The zero-order chi connectivity index (χ0) is 8.81.